The van der Waals surface area contributed by atoms with Crippen LogP contribution in [0.2, 0.25) is 0 Å². The minimum absolute atomic E-state index is 0.716. The van der Waals surface area contributed by atoms with Crippen molar-refractivity contribution in [2.75, 3.05) is 11.1 Å². The van der Waals surface area contributed by atoms with Gasteiger partial charge in [0.2, 0.25) is 0 Å². The molecule has 0 atom stereocenters. The van der Waals surface area contributed by atoms with Crippen molar-refractivity contribution in [1.29, 1.82) is 0 Å². The van der Waals surface area contributed by atoms with Crippen molar-refractivity contribution in [3.05, 3.63) is 52.3 Å². The van der Waals surface area contributed by atoms with Crippen molar-refractivity contribution < 1.29 is 0 Å². The molecule has 3 nitrogen and oxygen atoms in total. The van der Waals surface area contributed by atoms with Crippen LogP contribution in [0.15, 0.2) is 41.9 Å². The molecule has 0 bridgehead atoms. The van der Waals surface area contributed by atoms with Crippen LogP contribution < -0.4 is 11.1 Å². The molecule has 0 unspecified atom stereocenters. The molecule has 1 aromatic carbocycles. The number of nitrogen functional groups attached to an aromatic ring is 1. The molecule has 0 radical (unpaired) electrons. The molecule has 0 aliphatic heterocycles. The lowest BCUT2D eigenvalue weighted by molar-refractivity contribution is 1.17. The predicted molar refractivity (Wildman–Crippen MR) is 82.5 cm³/mol. The van der Waals surface area contributed by atoms with E-state index < -0.39 is 0 Å². The predicted octanol–water partition coefficient (Wildman–Crippen LogP) is 3.80. The fourth-order valence-corrected chi connectivity index (χ4v) is 2.96. The third-order valence-electron chi connectivity index (χ3n) is 3.21. The van der Waals surface area contributed by atoms with Gasteiger partial charge in [-0.1, -0.05) is 0 Å². The number of hydrogen-bond donors (Lipinski definition) is 2. The van der Waals surface area contributed by atoms with Gasteiger partial charge >= 0.3 is 0 Å². The fourth-order valence-electron chi connectivity index (χ4n) is 2.11. The Morgan fingerprint density at radius 3 is 2.95 bits per heavy atom. The molecule has 96 valence electrons. The van der Waals surface area contributed by atoms with Gasteiger partial charge in [-0.2, -0.15) is 0 Å². The molecule has 3 rings (SSSR count). The first-order valence-corrected chi connectivity index (χ1v) is 7.04. The van der Waals surface area contributed by atoms with E-state index in [0.29, 0.717) is 5.69 Å². The molecule has 0 fully saturated rings. The Morgan fingerprint density at radius 1 is 1.26 bits per heavy atom. The van der Waals surface area contributed by atoms with Crippen LogP contribution in [0, 0.1) is 6.92 Å². The standard InChI is InChI=1S/C15H15N3S/c1-10-6-8-19-14(10)9-18-13-5-4-12(16)15-11(13)3-2-7-17-15/h2-8,18H,9,16H2,1H3. The van der Waals surface area contributed by atoms with Crippen LogP contribution in [-0.2, 0) is 6.54 Å². The lowest BCUT2D eigenvalue weighted by Crippen LogP contribution is -2.00. The first-order chi connectivity index (χ1) is 9.25. The SMILES string of the molecule is Cc1ccsc1CNc1ccc(N)c2ncccc12. The molecule has 19 heavy (non-hydrogen) atoms. The highest BCUT2D eigenvalue weighted by molar-refractivity contribution is 7.10. The number of rotatable bonds is 3. The summed E-state index contributed by atoms with van der Waals surface area (Å²) in [6, 6.07) is 10.0. The molecule has 2 aromatic heterocycles. The van der Waals surface area contributed by atoms with Crippen LogP contribution in [0.3, 0.4) is 0 Å². The van der Waals surface area contributed by atoms with E-state index in [9.17, 15) is 0 Å². The zero-order valence-corrected chi connectivity index (χ0v) is 11.5. The fraction of sp³-hybridized carbons (Fsp3) is 0.133. The molecule has 4 heteroatoms. The number of nitrogens with two attached hydrogens (primary N) is 1. The Hall–Kier alpha value is -2.07. The first kappa shape index (κ1) is 12.0. The van der Waals surface area contributed by atoms with E-state index in [-0.39, 0.29) is 0 Å². The number of fused-ring (bicyclic) bond motifs is 1. The van der Waals surface area contributed by atoms with Gasteiger partial charge in [0, 0.05) is 28.7 Å². The Morgan fingerprint density at radius 2 is 2.16 bits per heavy atom. The van der Waals surface area contributed by atoms with Gasteiger partial charge in [-0.15, -0.1) is 11.3 Å². The second-order valence-corrected chi connectivity index (χ2v) is 5.48. The smallest absolute Gasteiger partial charge is 0.0951 e. The van der Waals surface area contributed by atoms with Gasteiger partial charge in [0.1, 0.15) is 0 Å². The minimum atomic E-state index is 0.716. The summed E-state index contributed by atoms with van der Waals surface area (Å²) in [6.45, 7) is 2.97. The van der Waals surface area contributed by atoms with Crippen molar-refractivity contribution in [3.63, 3.8) is 0 Å². The molecule has 0 aliphatic carbocycles. The lowest BCUT2D eigenvalue weighted by Gasteiger charge is -2.10. The highest BCUT2D eigenvalue weighted by Crippen LogP contribution is 2.27. The molecule has 3 N–H and O–H groups in total. The Kier molecular flexibility index (Phi) is 3.09. The van der Waals surface area contributed by atoms with Crippen molar-refractivity contribution in [2.24, 2.45) is 0 Å². The normalized spacial score (nSPS) is 10.8. The summed E-state index contributed by atoms with van der Waals surface area (Å²) in [6.07, 6.45) is 1.77. The van der Waals surface area contributed by atoms with Crippen LogP contribution in [-0.4, -0.2) is 4.98 Å². The van der Waals surface area contributed by atoms with Crippen LogP contribution in [0.5, 0.6) is 0 Å². The van der Waals surface area contributed by atoms with Gasteiger partial charge in [-0.3, -0.25) is 4.98 Å². The van der Waals surface area contributed by atoms with Gasteiger partial charge in [-0.25, -0.2) is 0 Å². The van der Waals surface area contributed by atoms with Gasteiger partial charge < -0.3 is 11.1 Å². The molecule has 3 aromatic rings. The minimum Gasteiger partial charge on any atom is -0.397 e. The number of thiophene rings is 1. The maximum atomic E-state index is 5.95. The lowest BCUT2D eigenvalue weighted by atomic mass is 10.1. The highest BCUT2D eigenvalue weighted by Gasteiger charge is 2.05. The van der Waals surface area contributed by atoms with E-state index in [1.165, 1.54) is 10.4 Å². The summed E-state index contributed by atoms with van der Waals surface area (Å²) in [4.78, 5) is 5.70. The van der Waals surface area contributed by atoms with E-state index in [1.807, 2.05) is 24.3 Å². The summed E-state index contributed by atoms with van der Waals surface area (Å²) in [7, 11) is 0. The second-order valence-electron chi connectivity index (χ2n) is 4.48. The van der Waals surface area contributed by atoms with Crippen molar-refractivity contribution in [3.8, 4) is 0 Å². The van der Waals surface area contributed by atoms with E-state index in [1.54, 1.807) is 17.5 Å². The van der Waals surface area contributed by atoms with Gasteiger partial charge in [0.25, 0.3) is 0 Å². The van der Waals surface area contributed by atoms with E-state index >= 15 is 0 Å². The van der Waals surface area contributed by atoms with E-state index in [4.69, 9.17) is 5.73 Å². The third kappa shape index (κ3) is 2.27. The average molecular weight is 269 g/mol. The molecule has 2 heterocycles. The number of pyridine rings is 1. The molecular formula is C15H15N3S. The van der Waals surface area contributed by atoms with Crippen molar-refractivity contribution in [2.45, 2.75) is 13.5 Å². The number of nitrogens with zero attached hydrogens (tertiary/aromatic N) is 1. The van der Waals surface area contributed by atoms with Crippen LogP contribution in [0.4, 0.5) is 11.4 Å². The number of aryl methyl sites for hydroxylation is 1. The number of benzene rings is 1. The molecule has 0 spiro atoms. The van der Waals surface area contributed by atoms with Gasteiger partial charge in [0.15, 0.2) is 0 Å². The van der Waals surface area contributed by atoms with Crippen LogP contribution in [0.25, 0.3) is 10.9 Å². The number of hydrogen-bond acceptors (Lipinski definition) is 4. The zero-order valence-electron chi connectivity index (χ0n) is 10.7. The summed E-state index contributed by atoms with van der Waals surface area (Å²) in [5.74, 6) is 0. The third-order valence-corrected chi connectivity index (χ3v) is 4.23. The van der Waals surface area contributed by atoms with Crippen molar-refractivity contribution >= 4 is 33.6 Å². The number of nitrogens with one attached hydrogen (secondary N) is 1. The molecule has 0 amide bonds. The topological polar surface area (TPSA) is 50.9 Å². The van der Waals surface area contributed by atoms with Gasteiger partial charge in [-0.05, 0) is 48.2 Å². The summed E-state index contributed by atoms with van der Waals surface area (Å²) in [5, 5.41) is 6.66. The Bertz CT molecular complexity index is 718. The highest BCUT2D eigenvalue weighted by atomic mass is 32.1. The molecule has 0 saturated carbocycles. The Balaban J connectivity index is 1.93. The quantitative estimate of drug-likeness (QED) is 0.711. The maximum absolute atomic E-state index is 5.95. The largest absolute Gasteiger partial charge is 0.397 e. The Labute approximate surface area is 116 Å². The summed E-state index contributed by atoms with van der Waals surface area (Å²) in [5.41, 5.74) is 9.93. The van der Waals surface area contributed by atoms with Crippen LogP contribution >= 0.6 is 11.3 Å². The summed E-state index contributed by atoms with van der Waals surface area (Å²) < 4.78 is 0. The van der Waals surface area contributed by atoms with Crippen LogP contribution in [0.1, 0.15) is 10.4 Å². The zero-order chi connectivity index (χ0) is 13.2. The maximum Gasteiger partial charge on any atom is 0.0951 e. The second kappa shape index (κ2) is 4.90. The number of anilines is 2. The molecular weight excluding hydrogens is 254 g/mol. The number of aromatic nitrogens is 1. The first-order valence-electron chi connectivity index (χ1n) is 6.16. The van der Waals surface area contributed by atoms with Gasteiger partial charge in [0.05, 0.1) is 11.2 Å². The van der Waals surface area contributed by atoms with Crippen molar-refractivity contribution in [1.82, 2.24) is 4.98 Å². The summed E-state index contributed by atoms with van der Waals surface area (Å²) >= 11 is 1.77. The molecule has 0 saturated heterocycles. The monoisotopic (exact) mass is 269 g/mol. The molecule has 0 aliphatic rings. The average Bonchev–Trinajstić information content (AvgIpc) is 2.84. The van der Waals surface area contributed by atoms with E-state index in [0.717, 1.165) is 23.1 Å². The van der Waals surface area contributed by atoms with E-state index in [2.05, 4.69) is 28.7 Å².